The maximum absolute atomic E-state index is 13.0. The zero-order chi connectivity index (χ0) is 21.8. The molecule has 0 aliphatic carbocycles. The lowest BCUT2D eigenvalue weighted by Gasteiger charge is -2.23. The number of hydrogen-bond donors (Lipinski definition) is 1. The van der Waals surface area contributed by atoms with E-state index in [1.165, 1.54) is 0 Å². The Morgan fingerprint density at radius 1 is 1.17 bits per heavy atom. The third-order valence-corrected chi connectivity index (χ3v) is 5.61. The summed E-state index contributed by atoms with van der Waals surface area (Å²) >= 11 is 6.42. The highest BCUT2D eigenvalue weighted by Crippen LogP contribution is 2.39. The number of nitrogens with zero attached hydrogens (tertiary/aromatic N) is 1. The van der Waals surface area contributed by atoms with Crippen LogP contribution in [0.15, 0.2) is 53.4 Å². The Morgan fingerprint density at radius 2 is 1.87 bits per heavy atom. The first-order valence-corrected chi connectivity index (χ1v) is 10.4. The molecule has 1 amide bonds. The number of methoxy groups -OCH3 is 1. The number of carboxylic acids is 1. The molecule has 1 N–H and O–H groups in total. The number of thiocarbonyl (C=S) groups is 1. The lowest BCUT2D eigenvalue weighted by Crippen LogP contribution is -2.37. The summed E-state index contributed by atoms with van der Waals surface area (Å²) in [6.45, 7) is 3.84. The van der Waals surface area contributed by atoms with Crippen molar-refractivity contribution in [3.63, 3.8) is 0 Å². The molecule has 1 saturated heterocycles. The van der Waals surface area contributed by atoms with E-state index in [0.29, 0.717) is 22.0 Å². The zero-order valence-corrected chi connectivity index (χ0v) is 18.3. The van der Waals surface area contributed by atoms with Gasteiger partial charge in [0.15, 0.2) is 17.5 Å². The number of aliphatic carboxylic acids is 1. The number of carbonyl (C=O) groups is 2. The molecule has 3 rings (SSSR count). The highest BCUT2D eigenvalue weighted by molar-refractivity contribution is 8.26. The molecule has 1 atom stereocenters. The third-order valence-electron chi connectivity index (χ3n) is 4.28. The van der Waals surface area contributed by atoms with Crippen LogP contribution in [0.4, 0.5) is 0 Å². The average Bonchev–Trinajstić information content (AvgIpc) is 2.97. The Morgan fingerprint density at radius 3 is 2.47 bits per heavy atom. The van der Waals surface area contributed by atoms with Gasteiger partial charge in [-0.2, -0.15) is 0 Å². The third kappa shape index (κ3) is 4.66. The molecule has 1 fully saturated rings. The topological polar surface area (TPSA) is 76.1 Å². The molecular weight excluding hydrogens is 422 g/mol. The SMILES string of the molecule is COc1cc(/C=C2\SC(=S)N(C(C(=O)O)c3ccccc3)C2=O)ccc1OC(C)C. The van der Waals surface area contributed by atoms with E-state index in [1.54, 1.807) is 61.7 Å². The summed E-state index contributed by atoms with van der Waals surface area (Å²) < 4.78 is 11.3. The van der Waals surface area contributed by atoms with Gasteiger partial charge in [-0.3, -0.25) is 9.69 Å². The fourth-order valence-corrected chi connectivity index (χ4v) is 4.33. The van der Waals surface area contributed by atoms with Gasteiger partial charge in [-0.25, -0.2) is 4.79 Å². The van der Waals surface area contributed by atoms with Crippen LogP contribution in [0.5, 0.6) is 11.5 Å². The summed E-state index contributed by atoms with van der Waals surface area (Å²) in [5.41, 5.74) is 1.20. The highest BCUT2D eigenvalue weighted by Gasteiger charge is 2.41. The van der Waals surface area contributed by atoms with Crippen LogP contribution < -0.4 is 9.47 Å². The van der Waals surface area contributed by atoms with Crippen LogP contribution in [-0.4, -0.2) is 39.4 Å². The number of ether oxygens (including phenoxy) is 2. The molecule has 8 heteroatoms. The summed E-state index contributed by atoms with van der Waals surface area (Å²) in [5, 5.41) is 9.76. The molecule has 0 radical (unpaired) electrons. The van der Waals surface area contributed by atoms with Crippen molar-refractivity contribution in [3.05, 3.63) is 64.6 Å². The molecule has 0 spiro atoms. The van der Waals surface area contributed by atoms with E-state index >= 15 is 0 Å². The van der Waals surface area contributed by atoms with Gasteiger partial charge in [0.05, 0.1) is 18.1 Å². The molecule has 1 aliphatic rings. The van der Waals surface area contributed by atoms with Crippen molar-refractivity contribution in [2.24, 2.45) is 0 Å². The van der Waals surface area contributed by atoms with Crippen LogP contribution >= 0.6 is 24.0 Å². The summed E-state index contributed by atoms with van der Waals surface area (Å²) in [7, 11) is 1.54. The van der Waals surface area contributed by atoms with E-state index in [1.807, 2.05) is 13.8 Å². The van der Waals surface area contributed by atoms with Gasteiger partial charge in [0.1, 0.15) is 4.32 Å². The smallest absolute Gasteiger partial charge is 0.331 e. The molecule has 156 valence electrons. The number of thioether (sulfide) groups is 1. The number of carbonyl (C=O) groups excluding carboxylic acids is 1. The minimum absolute atomic E-state index is 0.00746. The number of rotatable bonds is 7. The van der Waals surface area contributed by atoms with Gasteiger partial charge >= 0.3 is 5.97 Å². The first-order valence-electron chi connectivity index (χ1n) is 9.21. The highest BCUT2D eigenvalue weighted by atomic mass is 32.2. The molecule has 1 unspecified atom stereocenters. The summed E-state index contributed by atoms with van der Waals surface area (Å²) in [4.78, 5) is 26.5. The normalized spacial score (nSPS) is 16.3. The van der Waals surface area contributed by atoms with Gasteiger partial charge in [-0.05, 0) is 43.2 Å². The molecule has 6 nitrogen and oxygen atoms in total. The van der Waals surface area contributed by atoms with Crippen LogP contribution in [0.1, 0.15) is 31.0 Å². The van der Waals surface area contributed by atoms with Gasteiger partial charge in [0.2, 0.25) is 0 Å². The monoisotopic (exact) mass is 443 g/mol. The fraction of sp³-hybridized carbons (Fsp3) is 0.227. The molecule has 2 aromatic rings. The summed E-state index contributed by atoms with van der Waals surface area (Å²) in [5.74, 6) is -0.439. The lowest BCUT2D eigenvalue weighted by molar-refractivity contribution is -0.145. The summed E-state index contributed by atoms with van der Waals surface area (Å²) in [6.07, 6.45) is 1.66. The van der Waals surface area contributed by atoms with Crippen molar-refractivity contribution in [1.29, 1.82) is 0 Å². The first-order chi connectivity index (χ1) is 14.3. The number of carboxylic acid groups (broad SMARTS) is 1. The maximum Gasteiger partial charge on any atom is 0.331 e. The molecule has 0 bridgehead atoms. The Hall–Kier alpha value is -2.84. The van der Waals surface area contributed by atoms with Crippen LogP contribution in [0.25, 0.3) is 6.08 Å². The van der Waals surface area contributed by atoms with E-state index < -0.39 is 17.9 Å². The van der Waals surface area contributed by atoms with E-state index in [4.69, 9.17) is 21.7 Å². The number of hydrogen-bond acceptors (Lipinski definition) is 6. The molecular formula is C22H21NO5S2. The van der Waals surface area contributed by atoms with Gasteiger partial charge in [-0.1, -0.05) is 60.4 Å². The Labute approximate surface area is 184 Å². The van der Waals surface area contributed by atoms with Crippen LogP contribution in [0.2, 0.25) is 0 Å². The largest absolute Gasteiger partial charge is 0.493 e. The second-order valence-electron chi connectivity index (χ2n) is 6.78. The van der Waals surface area contributed by atoms with Crippen molar-refractivity contribution in [3.8, 4) is 11.5 Å². The van der Waals surface area contributed by atoms with Crippen molar-refractivity contribution >= 4 is 46.3 Å². The maximum atomic E-state index is 13.0. The fourth-order valence-electron chi connectivity index (χ4n) is 3.02. The number of amides is 1. The van der Waals surface area contributed by atoms with E-state index in [-0.39, 0.29) is 10.4 Å². The minimum Gasteiger partial charge on any atom is -0.493 e. The van der Waals surface area contributed by atoms with Crippen LogP contribution in [0, 0.1) is 0 Å². The van der Waals surface area contributed by atoms with Crippen molar-refractivity contribution < 1.29 is 24.2 Å². The molecule has 30 heavy (non-hydrogen) atoms. The molecule has 1 heterocycles. The predicted octanol–water partition coefficient (Wildman–Crippen LogP) is 4.51. The van der Waals surface area contributed by atoms with E-state index in [0.717, 1.165) is 22.2 Å². The first kappa shape index (κ1) is 21.9. The standard InChI is InChI=1S/C22H21NO5S2/c1-13(2)28-16-10-9-14(11-17(16)27-3)12-18-20(24)23(22(29)30-18)19(21(25)26)15-7-5-4-6-8-15/h4-13,19H,1-3H3,(H,25,26)/b18-12-. The van der Waals surface area contributed by atoms with Crippen LogP contribution in [-0.2, 0) is 9.59 Å². The van der Waals surface area contributed by atoms with Crippen molar-refractivity contribution in [2.75, 3.05) is 7.11 Å². The Kier molecular flexibility index (Phi) is 6.79. The minimum atomic E-state index is -1.18. The van der Waals surface area contributed by atoms with Gasteiger partial charge < -0.3 is 14.6 Å². The zero-order valence-electron chi connectivity index (χ0n) is 16.7. The Balaban J connectivity index is 1.92. The summed E-state index contributed by atoms with van der Waals surface area (Å²) in [6, 6.07) is 12.7. The predicted molar refractivity (Wildman–Crippen MR) is 121 cm³/mol. The molecule has 1 aliphatic heterocycles. The quantitative estimate of drug-likeness (QED) is 0.498. The molecule has 0 saturated carbocycles. The van der Waals surface area contributed by atoms with Crippen LogP contribution in [0.3, 0.4) is 0 Å². The Bertz CT molecular complexity index is 1000. The lowest BCUT2D eigenvalue weighted by atomic mass is 10.1. The van der Waals surface area contributed by atoms with E-state index in [2.05, 4.69) is 0 Å². The second-order valence-corrected chi connectivity index (χ2v) is 8.46. The van der Waals surface area contributed by atoms with Gasteiger partial charge in [-0.15, -0.1) is 0 Å². The molecule has 2 aromatic carbocycles. The second kappa shape index (κ2) is 9.32. The van der Waals surface area contributed by atoms with Gasteiger partial charge in [0, 0.05) is 0 Å². The van der Waals surface area contributed by atoms with Crippen molar-refractivity contribution in [1.82, 2.24) is 4.90 Å². The number of benzene rings is 2. The molecule has 0 aromatic heterocycles. The van der Waals surface area contributed by atoms with Gasteiger partial charge in [0.25, 0.3) is 5.91 Å². The van der Waals surface area contributed by atoms with Crippen molar-refractivity contribution in [2.45, 2.75) is 26.0 Å². The average molecular weight is 444 g/mol. The van der Waals surface area contributed by atoms with E-state index in [9.17, 15) is 14.7 Å².